The molecule has 0 unspecified atom stereocenters. The molecule has 3 atom stereocenters. The number of aromatic amines is 1. The van der Waals surface area contributed by atoms with Crippen LogP contribution in [0.5, 0.6) is 0 Å². The van der Waals surface area contributed by atoms with Crippen molar-refractivity contribution in [1.82, 2.24) is 24.8 Å². The van der Waals surface area contributed by atoms with Gasteiger partial charge in [-0.15, -0.1) is 0 Å². The van der Waals surface area contributed by atoms with Crippen LogP contribution in [0.1, 0.15) is 36.3 Å². The Morgan fingerprint density at radius 2 is 2.06 bits per heavy atom. The summed E-state index contributed by atoms with van der Waals surface area (Å²) >= 11 is 0. The van der Waals surface area contributed by atoms with E-state index in [9.17, 15) is 37.5 Å². The molecule has 2 aromatic heterocycles. The average molecular weight is 495 g/mol. The molecule has 2 amide bonds. The van der Waals surface area contributed by atoms with Gasteiger partial charge in [-0.25, -0.2) is 27.5 Å². The van der Waals surface area contributed by atoms with Crippen LogP contribution in [0.3, 0.4) is 0 Å². The maximum absolute atomic E-state index is 12.8. The Morgan fingerprint density at radius 1 is 1.35 bits per heavy atom. The molecule has 0 aromatic carbocycles. The lowest BCUT2D eigenvalue weighted by atomic mass is 9.97. The van der Waals surface area contributed by atoms with Gasteiger partial charge in [0.2, 0.25) is 11.7 Å². The van der Waals surface area contributed by atoms with Gasteiger partial charge in [0, 0.05) is 17.8 Å². The van der Waals surface area contributed by atoms with E-state index in [0.717, 1.165) is 17.9 Å². The summed E-state index contributed by atoms with van der Waals surface area (Å²) < 4.78 is 29.6. The number of aliphatic carboxylic acids is 1. The van der Waals surface area contributed by atoms with Gasteiger partial charge in [0.15, 0.2) is 21.5 Å². The first-order valence-corrected chi connectivity index (χ1v) is 11.8. The number of aromatic nitrogens is 3. The SMILES string of the molecule is CCc1c[nH]n2c(=O)cc(C(=O)CNC(=O)OC[C@@]3(C)[C@H](C(=O)O)N4C(=O)C[C@H]4S3(=O)=O)nc12. The van der Waals surface area contributed by atoms with Crippen LogP contribution in [-0.2, 0) is 30.6 Å². The Bertz CT molecular complexity index is 1390. The Balaban J connectivity index is 1.43. The Kier molecular flexibility index (Phi) is 5.46. The summed E-state index contributed by atoms with van der Waals surface area (Å²) in [5.74, 6) is -2.85. The van der Waals surface area contributed by atoms with Crippen LogP contribution >= 0.6 is 0 Å². The lowest BCUT2D eigenvalue weighted by Crippen LogP contribution is -2.58. The maximum Gasteiger partial charge on any atom is 0.407 e. The zero-order valence-corrected chi connectivity index (χ0v) is 18.9. The Morgan fingerprint density at radius 3 is 2.68 bits per heavy atom. The van der Waals surface area contributed by atoms with Crippen molar-refractivity contribution in [1.29, 1.82) is 0 Å². The molecule has 0 bridgehead atoms. The third-order valence-electron chi connectivity index (χ3n) is 6.17. The number of amides is 2. The summed E-state index contributed by atoms with van der Waals surface area (Å²) in [5.41, 5.74) is 0.285. The van der Waals surface area contributed by atoms with Gasteiger partial charge < -0.3 is 20.1 Å². The first kappa shape index (κ1) is 23.4. The highest BCUT2D eigenvalue weighted by atomic mass is 32.2. The number of nitrogens with zero attached hydrogens (tertiary/aromatic N) is 3. The predicted molar refractivity (Wildman–Crippen MR) is 113 cm³/mol. The third-order valence-corrected chi connectivity index (χ3v) is 8.92. The van der Waals surface area contributed by atoms with Gasteiger partial charge in [0.05, 0.1) is 13.0 Å². The van der Waals surface area contributed by atoms with Gasteiger partial charge in [-0.3, -0.25) is 19.5 Å². The number of sulfone groups is 1. The van der Waals surface area contributed by atoms with Crippen molar-refractivity contribution in [3.05, 3.63) is 33.9 Å². The van der Waals surface area contributed by atoms with E-state index in [1.807, 2.05) is 6.92 Å². The van der Waals surface area contributed by atoms with Crippen molar-refractivity contribution >= 4 is 39.2 Å². The number of H-pyrrole nitrogens is 1. The second kappa shape index (κ2) is 7.93. The second-order valence-corrected chi connectivity index (χ2v) is 10.8. The minimum absolute atomic E-state index is 0.182. The number of Topliss-reactive ketones (excluding diaryl/α,β-unsaturated/α-hetero) is 1. The van der Waals surface area contributed by atoms with E-state index >= 15 is 0 Å². The second-order valence-electron chi connectivity index (χ2n) is 8.20. The fourth-order valence-electron chi connectivity index (χ4n) is 4.21. The van der Waals surface area contributed by atoms with Crippen LogP contribution in [-0.4, -0.2) is 86.1 Å². The topological polar surface area (TPSA) is 197 Å². The van der Waals surface area contributed by atoms with E-state index in [4.69, 9.17) is 4.74 Å². The molecule has 0 saturated carbocycles. The highest BCUT2D eigenvalue weighted by molar-refractivity contribution is 7.94. The number of β-lactam (4-membered cyclic amide) rings is 1. The van der Waals surface area contributed by atoms with Gasteiger partial charge in [-0.1, -0.05) is 6.92 Å². The molecule has 182 valence electrons. The van der Waals surface area contributed by atoms with Crippen molar-refractivity contribution in [3.63, 3.8) is 0 Å². The van der Waals surface area contributed by atoms with Crippen molar-refractivity contribution in [2.24, 2.45) is 0 Å². The first-order chi connectivity index (χ1) is 15.9. The minimum Gasteiger partial charge on any atom is -0.480 e. The highest BCUT2D eigenvalue weighted by Gasteiger charge is 2.70. The molecule has 0 spiro atoms. The van der Waals surface area contributed by atoms with E-state index in [1.54, 1.807) is 6.20 Å². The van der Waals surface area contributed by atoms with Gasteiger partial charge in [0.1, 0.15) is 22.4 Å². The van der Waals surface area contributed by atoms with E-state index < -0.39 is 68.5 Å². The fourth-order valence-corrected chi connectivity index (χ4v) is 6.48. The molecule has 0 aliphatic carbocycles. The molecule has 2 aromatic rings. The number of carbonyl (C=O) groups is 4. The number of ketones is 1. The van der Waals surface area contributed by atoms with E-state index in [0.29, 0.717) is 12.0 Å². The van der Waals surface area contributed by atoms with Crippen LogP contribution in [0.25, 0.3) is 5.65 Å². The smallest absolute Gasteiger partial charge is 0.407 e. The first-order valence-electron chi connectivity index (χ1n) is 10.2. The molecule has 4 rings (SSSR count). The van der Waals surface area contributed by atoms with E-state index in [-0.39, 0.29) is 17.8 Å². The number of aryl methyl sites for hydroxylation is 1. The van der Waals surface area contributed by atoms with Crippen LogP contribution in [0.2, 0.25) is 0 Å². The third kappa shape index (κ3) is 3.34. The molecule has 2 saturated heterocycles. The molecule has 0 radical (unpaired) electrons. The van der Waals surface area contributed by atoms with Crippen LogP contribution < -0.4 is 10.9 Å². The number of carbonyl (C=O) groups excluding carboxylic acids is 3. The number of fused-ring (bicyclic) bond motifs is 2. The van der Waals surface area contributed by atoms with Crippen molar-refractivity contribution in [3.8, 4) is 0 Å². The minimum atomic E-state index is -4.15. The van der Waals surface area contributed by atoms with E-state index in [2.05, 4.69) is 15.4 Å². The highest BCUT2D eigenvalue weighted by Crippen LogP contribution is 2.46. The number of rotatable bonds is 7. The summed E-state index contributed by atoms with van der Waals surface area (Å²) in [6, 6.07) is -0.709. The molecule has 3 N–H and O–H groups in total. The molecule has 2 fully saturated rings. The van der Waals surface area contributed by atoms with Crippen LogP contribution in [0.4, 0.5) is 4.79 Å². The van der Waals surface area contributed by atoms with Crippen LogP contribution in [0, 0.1) is 0 Å². The molecular weight excluding hydrogens is 474 g/mol. The van der Waals surface area contributed by atoms with Crippen molar-refractivity contribution in [2.45, 2.75) is 42.9 Å². The number of ether oxygens (including phenoxy) is 1. The number of carboxylic acid groups (broad SMARTS) is 1. The number of nitrogens with one attached hydrogen (secondary N) is 2. The predicted octanol–water partition coefficient (Wildman–Crippen LogP) is -1.31. The fraction of sp³-hybridized carbons (Fsp3) is 0.474. The molecule has 14 nitrogen and oxygen atoms in total. The Labute approximate surface area is 191 Å². The Hall–Kier alpha value is -3.75. The van der Waals surface area contributed by atoms with Gasteiger partial charge >= 0.3 is 12.1 Å². The molecule has 2 aliphatic heterocycles. The molecule has 34 heavy (non-hydrogen) atoms. The number of hydrogen-bond acceptors (Lipinski definition) is 9. The largest absolute Gasteiger partial charge is 0.480 e. The van der Waals surface area contributed by atoms with Crippen molar-refractivity contribution < 1.29 is 37.4 Å². The normalized spacial score (nSPS) is 25.0. The van der Waals surface area contributed by atoms with Gasteiger partial charge in [0.25, 0.3) is 5.56 Å². The quantitative estimate of drug-likeness (QED) is 0.306. The zero-order chi connectivity index (χ0) is 25.0. The lowest BCUT2D eigenvalue weighted by molar-refractivity contribution is -0.158. The summed E-state index contributed by atoms with van der Waals surface area (Å²) in [6.45, 7) is 1.49. The summed E-state index contributed by atoms with van der Waals surface area (Å²) in [6.07, 6.45) is 0.639. The van der Waals surface area contributed by atoms with Crippen LogP contribution in [0.15, 0.2) is 17.1 Å². The maximum atomic E-state index is 12.8. The lowest BCUT2D eigenvalue weighted by Gasteiger charge is -2.35. The monoisotopic (exact) mass is 495 g/mol. The summed E-state index contributed by atoms with van der Waals surface area (Å²) in [4.78, 5) is 65.2. The zero-order valence-electron chi connectivity index (χ0n) is 18.1. The molecule has 15 heteroatoms. The number of alkyl carbamates (subject to hydrolysis) is 1. The molecule has 4 heterocycles. The van der Waals surface area contributed by atoms with E-state index in [1.165, 1.54) is 4.52 Å². The van der Waals surface area contributed by atoms with Gasteiger partial charge in [-0.2, -0.15) is 0 Å². The standard InChI is InChI=1S/C19H21N5O9S/c1-3-9-6-21-24-13(27)4-10(22-16(9)24)11(25)7-20-18(30)33-8-19(2)15(17(28)29)23-12(26)5-14(23)34(19,31)32/h4,6,14-15,21H,3,5,7-8H2,1-2H3,(H,20,30)(H,28,29)/t14-,15+,19+/m1/s1. The molecular formula is C19H21N5O9S. The van der Waals surface area contributed by atoms with Crippen molar-refractivity contribution in [2.75, 3.05) is 13.2 Å². The summed E-state index contributed by atoms with van der Waals surface area (Å²) in [5, 5.41) is 13.1. The number of carboxylic acids is 1. The number of hydrogen-bond donors (Lipinski definition) is 3. The summed E-state index contributed by atoms with van der Waals surface area (Å²) in [7, 11) is -4.15. The van der Waals surface area contributed by atoms with Gasteiger partial charge in [-0.05, 0) is 13.3 Å². The molecule has 2 aliphatic rings. The average Bonchev–Trinajstić information content (AvgIpc) is 3.25.